The summed E-state index contributed by atoms with van der Waals surface area (Å²) in [6.45, 7) is 9.04. The molecule has 0 aliphatic carbocycles. The van der Waals surface area contributed by atoms with Crippen LogP contribution in [0.15, 0.2) is 12.1 Å². The van der Waals surface area contributed by atoms with Gasteiger partial charge in [-0.2, -0.15) is 0 Å². The first-order valence-electron chi connectivity index (χ1n) is 7.34. The van der Waals surface area contributed by atoms with Crippen molar-refractivity contribution in [2.75, 3.05) is 31.2 Å². The Hall–Kier alpha value is -0.840. The molecule has 0 aromatic carbocycles. The van der Waals surface area contributed by atoms with E-state index in [1.165, 1.54) is 11.3 Å². The first-order valence-corrected chi connectivity index (χ1v) is 7.34. The molecular weight excluding hydrogens is 274 g/mol. The lowest BCUT2D eigenvalue weighted by Crippen LogP contribution is -2.45. The highest BCUT2D eigenvalue weighted by molar-refractivity contribution is 5.85. The second kappa shape index (κ2) is 6.74. The van der Waals surface area contributed by atoms with Gasteiger partial charge in [-0.15, -0.1) is 12.4 Å². The average Bonchev–Trinajstić information content (AvgIpc) is 2.47. The normalized spacial score (nSPS) is 25.8. The molecule has 2 atom stereocenters. The van der Waals surface area contributed by atoms with E-state index in [9.17, 15) is 0 Å². The molecule has 0 saturated carbocycles. The molecule has 0 spiro atoms. The lowest BCUT2D eigenvalue weighted by molar-refractivity contribution is 0.0925. The summed E-state index contributed by atoms with van der Waals surface area (Å²) in [7, 11) is 0. The highest BCUT2D eigenvalue weighted by atomic mass is 35.5. The van der Waals surface area contributed by atoms with E-state index < -0.39 is 0 Å². The molecule has 3 rings (SSSR count). The Labute approximate surface area is 127 Å². The van der Waals surface area contributed by atoms with E-state index in [4.69, 9.17) is 9.72 Å². The number of morpholine rings is 1. The lowest BCUT2D eigenvalue weighted by atomic mass is 9.98. The monoisotopic (exact) mass is 297 g/mol. The third kappa shape index (κ3) is 2.92. The number of pyridine rings is 1. The van der Waals surface area contributed by atoms with E-state index in [1.54, 1.807) is 0 Å². The van der Waals surface area contributed by atoms with Crippen LogP contribution < -0.4 is 10.2 Å². The van der Waals surface area contributed by atoms with E-state index in [-0.39, 0.29) is 12.4 Å². The fourth-order valence-corrected chi connectivity index (χ4v) is 3.04. The molecular formula is C15H24ClN3O. The van der Waals surface area contributed by atoms with Crippen molar-refractivity contribution in [1.29, 1.82) is 0 Å². The van der Waals surface area contributed by atoms with Gasteiger partial charge in [-0.25, -0.2) is 4.98 Å². The minimum atomic E-state index is 0. The van der Waals surface area contributed by atoms with Crippen LogP contribution in [-0.4, -0.2) is 37.3 Å². The minimum absolute atomic E-state index is 0. The average molecular weight is 298 g/mol. The van der Waals surface area contributed by atoms with Crippen LogP contribution in [0.5, 0.6) is 0 Å². The van der Waals surface area contributed by atoms with Crippen molar-refractivity contribution < 1.29 is 4.74 Å². The Balaban J connectivity index is 0.00000147. The van der Waals surface area contributed by atoms with Gasteiger partial charge in [-0.3, -0.25) is 0 Å². The largest absolute Gasteiger partial charge is 0.377 e. The second-order valence-electron chi connectivity index (χ2n) is 5.58. The second-order valence-corrected chi connectivity index (χ2v) is 5.58. The van der Waals surface area contributed by atoms with E-state index in [1.807, 2.05) is 0 Å². The Bertz CT molecular complexity index is 455. The number of nitrogens with one attached hydrogen (secondary N) is 1. The molecule has 1 fully saturated rings. The topological polar surface area (TPSA) is 37.4 Å². The van der Waals surface area contributed by atoms with Crippen LogP contribution >= 0.6 is 12.4 Å². The van der Waals surface area contributed by atoms with Gasteiger partial charge in [0, 0.05) is 25.6 Å². The van der Waals surface area contributed by atoms with Crippen molar-refractivity contribution in [3.63, 3.8) is 0 Å². The predicted octanol–water partition coefficient (Wildman–Crippen LogP) is 2.33. The molecule has 1 saturated heterocycles. The first kappa shape index (κ1) is 15.5. The molecule has 0 radical (unpaired) electrons. The first-order chi connectivity index (χ1) is 9.29. The SMILES string of the molecule is CC[C@@H]1COCCN1c1ccc2c(n1)[C@H](C)CNC2.Cl. The van der Waals surface area contributed by atoms with Gasteiger partial charge in [0.1, 0.15) is 5.82 Å². The standard InChI is InChI=1S/C15H23N3O.ClH/c1-3-13-10-19-7-6-18(13)14-5-4-12-9-16-8-11(2)15(12)17-14;/h4-5,11,13,16H,3,6-10H2,1-2H3;1H/t11-,13-;/m1./s1. The minimum Gasteiger partial charge on any atom is -0.377 e. The summed E-state index contributed by atoms with van der Waals surface area (Å²) in [5.41, 5.74) is 2.63. The molecule has 0 unspecified atom stereocenters. The molecule has 4 nitrogen and oxygen atoms in total. The van der Waals surface area contributed by atoms with Crippen LogP contribution in [0.2, 0.25) is 0 Å². The Morgan fingerprint density at radius 2 is 2.30 bits per heavy atom. The van der Waals surface area contributed by atoms with Gasteiger partial charge in [0.2, 0.25) is 0 Å². The highest BCUT2D eigenvalue weighted by Gasteiger charge is 2.25. The van der Waals surface area contributed by atoms with Crippen LogP contribution in [0, 0.1) is 0 Å². The van der Waals surface area contributed by atoms with E-state index in [2.05, 4.69) is 36.2 Å². The third-order valence-electron chi connectivity index (χ3n) is 4.22. The predicted molar refractivity (Wildman–Crippen MR) is 83.9 cm³/mol. The molecule has 2 aliphatic heterocycles. The van der Waals surface area contributed by atoms with Gasteiger partial charge in [0.25, 0.3) is 0 Å². The molecule has 1 N–H and O–H groups in total. The summed E-state index contributed by atoms with van der Waals surface area (Å²) in [4.78, 5) is 7.36. The number of rotatable bonds is 2. The number of anilines is 1. The summed E-state index contributed by atoms with van der Waals surface area (Å²) in [5, 5.41) is 3.44. The molecule has 5 heteroatoms. The maximum absolute atomic E-state index is 5.58. The molecule has 2 aliphatic rings. The summed E-state index contributed by atoms with van der Waals surface area (Å²) in [6, 6.07) is 4.88. The van der Waals surface area contributed by atoms with Crippen molar-refractivity contribution in [3.8, 4) is 0 Å². The number of halogens is 1. The summed E-state index contributed by atoms with van der Waals surface area (Å²) >= 11 is 0. The van der Waals surface area contributed by atoms with Gasteiger partial charge in [0.15, 0.2) is 0 Å². The Morgan fingerprint density at radius 1 is 1.45 bits per heavy atom. The molecule has 3 heterocycles. The Morgan fingerprint density at radius 3 is 3.10 bits per heavy atom. The zero-order valence-corrected chi connectivity index (χ0v) is 13.1. The van der Waals surface area contributed by atoms with E-state index in [0.29, 0.717) is 12.0 Å². The Kier molecular flexibility index (Phi) is 5.24. The van der Waals surface area contributed by atoms with Gasteiger partial charge < -0.3 is 15.0 Å². The quantitative estimate of drug-likeness (QED) is 0.909. The number of hydrogen-bond donors (Lipinski definition) is 1. The molecule has 1 aromatic heterocycles. The molecule has 112 valence electrons. The lowest BCUT2D eigenvalue weighted by Gasteiger charge is -2.37. The van der Waals surface area contributed by atoms with Gasteiger partial charge >= 0.3 is 0 Å². The van der Waals surface area contributed by atoms with Crippen molar-refractivity contribution in [2.45, 2.75) is 38.8 Å². The number of ether oxygens (including phenoxy) is 1. The van der Waals surface area contributed by atoms with E-state index in [0.717, 1.165) is 45.1 Å². The van der Waals surface area contributed by atoms with Crippen molar-refractivity contribution >= 4 is 18.2 Å². The number of aromatic nitrogens is 1. The van der Waals surface area contributed by atoms with E-state index >= 15 is 0 Å². The molecule has 0 amide bonds. The van der Waals surface area contributed by atoms with Crippen molar-refractivity contribution in [2.24, 2.45) is 0 Å². The fraction of sp³-hybridized carbons (Fsp3) is 0.667. The van der Waals surface area contributed by atoms with Crippen LogP contribution in [0.25, 0.3) is 0 Å². The number of fused-ring (bicyclic) bond motifs is 1. The zero-order chi connectivity index (χ0) is 13.2. The van der Waals surface area contributed by atoms with Crippen LogP contribution in [-0.2, 0) is 11.3 Å². The molecule has 0 bridgehead atoms. The number of nitrogens with zero attached hydrogens (tertiary/aromatic N) is 2. The van der Waals surface area contributed by atoms with Gasteiger partial charge in [0.05, 0.1) is 24.9 Å². The maximum atomic E-state index is 5.58. The zero-order valence-electron chi connectivity index (χ0n) is 12.3. The highest BCUT2D eigenvalue weighted by Crippen LogP contribution is 2.26. The molecule has 20 heavy (non-hydrogen) atoms. The van der Waals surface area contributed by atoms with Gasteiger partial charge in [-0.1, -0.05) is 19.9 Å². The fourth-order valence-electron chi connectivity index (χ4n) is 3.04. The molecule has 1 aromatic rings. The smallest absolute Gasteiger partial charge is 0.129 e. The third-order valence-corrected chi connectivity index (χ3v) is 4.22. The van der Waals surface area contributed by atoms with Crippen molar-refractivity contribution in [3.05, 3.63) is 23.4 Å². The summed E-state index contributed by atoms with van der Waals surface area (Å²) in [5.74, 6) is 1.63. The van der Waals surface area contributed by atoms with Crippen LogP contribution in [0.4, 0.5) is 5.82 Å². The summed E-state index contributed by atoms with van der Waals surface area (Å²) < 4.78 is 5.58. The summed E-state index contributed by atoms with van der Waals surface area (Å²) in [6.07, 6.45) is 1.11. The van der Waals surface area contributed by atoms with Crippen LogP contribution in [0.1, 0.15) is 37.4 Å². The number of hydrogen-bond acceptors (Lipinski definition) is 4. The van der Waals surface area contributed by atoms with Crippen LogP contribution in [0.3, 0.4) is 0 Å². The van der Waals surface area contributed by atoms with Gasteiger partial charge in [-0.05, 0) is 18.1 Å². The van der Waals surface area contributed by atoms with Crippen molar-refractivity contribution in [1.82, 2.24) is 10.3 Å². The maximum Gasteiger partial charge on any atom is 0.129 e.